The molecule has 1 aliphatic carbocycles. The second kappa shape index (κ2) is 5.89. The minimum atomic E-state index is -3.76. The summed E-state index contributed by atoms with van der Waals surface area (Å²) >= 11 is 5.82. The van der Waals surface area contributed by atoms with Crippen LogP contribution >= 0.6 is 11.6 Å². The Labute approximate surface area is 146 Å². The summed E-state index contributed by atoms with van der Waals surface area (Å²) in [5, 5.41) is 18.8. The van der Waals surface area contributed by atoms with Crippen molar-refractivity contribution in [1.82, 2.24) is 0 Å². The molecule has 0 unspecified atom stereocenters. The third-order valence-electron chi connectivity index (χ3n) is 4.64. The van der Waals surface area contributed by atoms with E-state index in [9.17, 15) is 18.8 Å². The Balaban J connectivity index is 2.06. The van der Waals surface area contributed by atoms with Crippen molar-refractivity contribution in [3.8, 4) is 6.07 Å². The molecule has 1 aliphatic rings. The number of benzene rings is 2. The monoisotopic (exact) mass is 361 g/mol. The van der Waals surface area contributed by atoms with E-state index in [0.717, 1.165) is 11.1 Å². The zero-order valence-corrected chi connectivity index (χ0v) is 14.6. The van der Waals surface area contributed by atoms with Gasteiger partial charge in [-0.1, -0.05) is 41.4 Å². The van der Waals surface area contributed by atoms with Gasteiger partial charge in [0.25, 0.3) is 0 Å². The van der Waals surface area contributed by atoms with Gasteiger partial charge in [0.15, 0.2) is 9.84 Å². The Morgan fingerprint density at radius 2 is 1.75 bits per heavy atom. The number of nitrogens with zero attached hydrogens (tertiary/aromatic N) is 1. The number of rotatable bonds is 4. The van der Waals surface area contributed by atoms with Crippen LogP contribution in [0.4, 0.5) is 0 Å². The van der Waals surface area contributed by atoms with Crippen LogP contribution in [0.2, 0.25) is 5.02 Å². The zero-order chi connectivity index (χ0) is 17.5. The molecule has 0 aliphatic heterocycles. The smallest absolute Gasteiger partial charge is 0.183 e. The molecule has 3 atom stereocenters. The van der Waals surface area contributed by atoms with E-state index in [1.54, 1.807) is 0 Å². The van der Waals surface area contributed by atoms with Gasteiger partial charge in [0.05, 0.1) is 22.8 Å². The van der Waals surface area contributed by atoms with E-state index in [0.29, 0.717) is 5.02 Å². The lowest BCUT2D eigenvalue weighted by atomic mass is 10.0. The van der Waals surface area contributed by atoms with Crippen LogP contribution in [0.5, 0.6) is 0 Å². The van der Waals surface area contributed by atoms with E-state index in [1.807, 2.05) is 37.3 Å². The number of aliphatic hydroxyl groups is 1. The molecule has 0 amide bonds. The molecule has 0 bridgehead atoms. The SMILES string of the molecule is Cc1ccc([C@H]2[C@H](S(=O)(=O)c3ccc(Cl)cc3)[C@@]2(C#N)CO)cc1. The molecule has 0 aromatic heterocycles. The Morgan fingerprint density at radius 1 is 1.17 bits per heavy atom. The Morgan fingerprint density at radius 3 is 2.25 bits per heavy atom. The molecule has 6 heteroatoms. The van der Waals surface area contributed by atoms with Crippen LogP contribution in [-0.2, 0) is 9.84 Å². The van der Waals surface area contributed by atoms with Gasteiger partial charge in [0.1, 0.15) is 5.41 Å². The molecule has 124 valence electrons. The molecule has 24 heavy (non-hydrogen) atoms. The lowest BCUT2D eigenvalue weighted by molar-refractivity contribution is 0.242. The van der Waals surface area contributed by atoms with Crippen molar-refractivity contribution in [2.45, 2.75) is 23.0 Å². The van der Waals surface area contributed by atoms with Crippen LogP contribution in [0.1, 0.15) is 17.0 Å². The number of halogens is 1. The molecule has 2 aromatic carbocycles. The highest BCUT2D eigenvalue weighted by molar-refractivity contribution is 7.92. The predicted molar refractivity (Wildman–Crippen MR) is 91.5 cm³/mol. The van der Waals surface area contributed by atoms with Crippen LogP contribution in [0.15, 0.2) is 53.4 Å². The number of sulfone groups is 1. The third-order valence-corrected chi connectivity index (χ3v) is 7.18. The molecule has 0 radical (unpaired) electrons. The molecule has 1 saturated carbocycles. The number of aliphatic hydroxyl groups excluding tert-OH is 1. The van der Waals surface area contributed by atoms with Gasteiger partial charge in [0, 0.05) is 10.9 Å². The summed E-state index contributed by atoms with van der Waals surface area (Å²) in [4.78, 5) is 0.111. The van der Waals surface area contributed by atoms with Gasteiger partial charge in [-0.3, -0.25) is 0 Å². The number of aryl methyl sites for hydroxylation is 1. The van der Waals surface area contributed by atoms with Crippen LogP contribution in [0.25, 0.3) is 0 Å². The van der Waals surface area contributed by atoms with Crippen molar-refractivity contribution in [2.75, 3.05) is 6.61 Å². The van der Waals surface area contributed by atoms with Gasteiger partial charge in [-0.2, -0.15) is 5.26 Å². The maximum atomic E-state index is 13.0. The topological polar surface area (TPSA) is 78.2 Å². The van der Waals surface area contributed by atoms with E-state index in [4.69, 9.17) is 11.6 Å². The average Bonchev–Trinajstić information content (AvgIpc) is 3.26. The van der Waals surface area contributed by atoms with Gasteiger partial charge in [-0.05, 0) is 36.8 Å². The number of hydrogen-bond acceptors (Lipinski definition) is 4. The van der Waals surface area contributed by atoms with Crippen LogP contribution in [-0.4, -0.2) is 25.4 Å². The molecule has 1 fully saturated rings. The van der Waals surface area contributed by atoms with Crippen molar-refractivity contribution < 1.29 is 13.5 Å². The second-order valence-electron chi connectivity index (χ2n) is 6.12. The summed E-state index contributed by atoms with van der Waals surface area (Å²) < 4.78 is 26.0. The highest BCUT2D eigenvalue weighted by Crippen LogP contribution is 2.63. The summed E-state index contributed by atoms with van der Waals surface area (Å²) in [6.45, 7) is 1.43. The largest absolute Gasteiger partial charge is 0.395 e. The fourth-order valence-electron chi connectivity index (χ4n) is 3.23. The van der Waals surface area contributed by atoms with Crippen molar-refractivity contribution in [1.29, 1.82) is 5.26 Å². The minimum absolute atomic E-state index is 0.111. The highest BCUT2D eigenvalue weighted by atomic mass is 35.5. The van der Waals surface area contributed by atoms with E-state index in [2.05, 4.69) is 0 Å². The fourth-order valence-corrected chi connectivity index (χ4v) is 5.68. The number of nitriles is 1. The van der Waals surface area contributed by atoms with Crippen LogP contribution < -0.4 is 0 Å². The van der Waals surface area contributed by atoms with Crippen LogP contribution in [0.3, 0.4) is 0 Å². The Bertz CT molecular complexity index is 901. The number of hydrogen-bond donors (Lipinski definition) is 1. The molecule has 0 heterocycles. The molecule has 0 saturated heterocycles. The van der Waals surface area contributed by atoms with Crippen LogP contribution in [0, 0.1) is 23.7 Å². The quantitative estimate of drug-likeness (QED) is 0.907. The predicted octanol–water partition coefficient (Wildman–Crippen LogP) is 3.09. The van der Waals surface area contributed by atoms with Gasteiger partial charge >= 0.3 is 0 Å². The van der Waals surface area contributed by atoms with E-state index >= 15 is 0 Å². The normalized spacial score (nSPS) is 25.9. The molecular weight excluding hydrogens is 346 g/mol. The molecule has 4 nitrogen and oxygen atoms in total. The van der Waals surface area contributed by atoms with Gasteiger partial charge in [-0.25, -0.2) is 8.42 Å². The molecule has 0 spiro atoms. The maximum absolute atomic E-state index is 13.0. The zero-order valence-electron chi connectivity index (χ0n) is 13.0. The highest BCUT2D eigenvalue weighted by Gasteiger charge is 2.72. The van der Waals surface area contributed by atoms with Gasteiger partial charge in [0.2, 0.25) is 0 Å². The first kappa shape index (κ1) is 17.0. The fraction of sp³-hybridized carbons (Fsp3) is 0.278. The standard InChI is InChI=1S/C18H16ClNO3S/c1-12-2-4-13(5-3-12)16-17(18(16,10-20)11-21)24(22,23)15-8-6-14(19)7-9-15/h2-9,16-17,21H,11H2,1H3/t16-,17-,18-/m0/s1. The van der Waals surface area contributed by atoms with E-state index in [-0.39, 0.29) is 4.90 Å². The molecular formula is C18H16ClNO3S. The Hall–Kier alpha value is -1.87. The molecule has 2 aromatic rings. The van der Waals surface area contributed by atoms with Crippen molar-refractivity contribution in [3.05, 3.63) is 64.7 Å². The van der Waals surface area contributed by atoms with Crippen molar-refractivity contribution >= 4 is 21.4 Å². The van der Waals surface area contributed by atoms with Crippen molar-refractivity contribution in [2.24, 2.45) is 5.41 Å². The first-order valence-electron chi connectivity index (χ1n) is 7.45. The molecule has 1 N–H and O–H groups in total. The third kappa shape index (κ3) is 2.51. The average molecular weight is 362 g/mol. The maximum Gasteiger partial charge on any atom is 0.183 e. The molecule has 3 rings (SSSR count). The van der Waals surface area contributed by atoms with E-state index in [1.165, 1.54) is 24.3 Å². The van der Waals surface area contributed by atoms with Crippen molar-refractivity contribution in [3.63, 3.8) is 0 Å². The second-order valence-corrected chi connectivity index (χ2v) is 8.62. The summed E-state index contributed by atoms with van der Waals surface area (Å²) in [7, 11) is -3.76. The van der Waals surface area contributed by atoms with Gasteiger partial charge in [-0.15, -0.1) is 0 Å². The summed E-state index contributed by atoms with van der Waals surface area (Å²) in [5.74, 6) is -0.547. The summed E-state index contributed by atoms with van der Waals surface area (Å²) in [6.07, 6.45) is 0. The first-order valence-corrected chi connectivity index (χ1v) is 9.37. The van der Waals surface area contributed by atoms with Gasteiger partial charge < -0.3 is 5.11 Å². The minimum Gasteiger partial charge on any atom is -0.395 e. The Kier molecular flexibility index (Phi) is 4.16. The van der Waals surface area contributed by atoms with E-state index < -0.39 is 33.0 Å². The summed E-state index contributed by atoms with van der Waals surface area (Å²) in [5.41, 5.74) is 0.482. The summed E-state index contributed by atoms with van der Waals surface area (Å²) in [6, 6.07) is 15.3. The lowest BCUT2D eigenvalue weighted by Crippen LogP contribution is -2.18. The first-order chi connectivity index (χ1) is 11.4. The lowest BCUT2D eigenvalue weighted by Gasteiger charge is -2.06.